The standard InChI is InChI=1S/C16H20ClNO2S/c1-16(2)10-18(9-12(8-17)20-16)15(19)14-7-11-5-3-4-6-13(11)21-14/h3-6,12,14H,7-10H2,1-2H3. The summed E-state index contributed by atoms with van der Waals surface area (Å²) in [6, 6.07) is 8.27. The van der Waals surface area contributed by atoms with E-state index in [1.807, 2.05) is 30.9 Å². The predicted octanol–water partition coefficient (Wildman–Crippen LogP) is 2.95. The van der Waals surface area contributed by atoms with Gasteiger partial charge in [-0.2, -0.15) is 0 Å². The Kier molecular flexibility index (Phi) is 4.21. The number of hydrogen-bond acceptors (Lipinski definition) is 3. The van der Waals surface area contributed by atoms with Gasteiger partial charge in [-0.3, -0.25) is 4.79 Å². The molecule has 114 valence electrons. The van der Waals surface area contributed by atoms with Crippen molar-refractivity contribution < 1.29 is 9.53 Å². The molecule has 2 atom stereocenters. The summed E-state index contributed by atoms with van der Waals surface area (Å²) in [4.78, 5) is 16.0. The van der Waals surface area contributed by atoms with Crippen molar-refractivity contribution in [2.24, 2.45) is 0 Å². The Morgan fingerprint density at radius 1 is 1.48 bits per heavy atom. The van der Waals surface area contributed by atoms with Crippen molar-refractivity contribution in [3.05, 3.63) is 29.8 Å². The quantitative estimate of drug-likeness (QED) is 0.783. The summed E-state index contributed by atoms with van der Waals surface area (Å²) in [5.74, 6) is 0.633. The van der Waals surface area contributed by atoms with E-state index in [0.717, 1.165) is 6.42 Å². The van der Waals surface area contributed by atoms with Gasteiger partial charge in [0, 0.05) is 18.0 Å². The first-order valence-electron chi connectivity index (χ1n) is 7.25. The van der Waals surface area contributed by atoms with E-state index in [-0.39, 0.29) is 22.9 Å². The topological polar surface area (TPSA) is 29.5 Å². The van der Waals surface area contributed by atoms with E-state index in [0.29, 0.717) is 19.0 Å². The van der Waals surface area contributed by atoms with Crippen molar-refractivity contribution in [1.29, 1.82) is 0 Å². The zero-order chi connectivity index (χ0) is 15.0. The lowest BCUT2D eigenvalue weighted by atomic mass is 10.0. The van der Waals surface area contributed by atoms with Crippen molar-refractivity contribution >= 4 is 29.3 Å². The van der Waals surface area contributed by atoms with Crippen molar-refractivity contribution in [2.75, 3.05) is 19.0 Å². The zero-order valence-electron chi connectivity index (χ0n) is 12.3. The molecule has 0 aromatic heterocycles. The minimum atomic E-state index is -0.330. The third-order valence-electron chi connectivity index (χ3n) is 3.89. The van der Waals surface area contributed by atoms with Gasteiger partial charge in [0.1, 0.15) is 0 Å². The molecule has 0 saturated carbocycles. The van der Waals surface area contributed by atoms with Crippen LogP contribution in [0.2, 0.25) is 0 Å². The van der Waals surface area contributed by atoms with Gasteiger partial charge < -0.3 is 9.64 Å². The van der Waals surface area contributed by atoms with Crippen LogP contribution in [0.1, 0.15) is 19.4 Å². The molecule has 0 spiro atoms. The molecule has 1 amide bonds. The van der Waals surface area contributed by atoms with E-state index < -0.39 is 0 Å². The molecule has 0 bridgehead atoms. The fourth-order valence-corrected chi connectivity index (χ4v) is 4.51. The van der Waals surface area contributed by atoms with Gasteiger partial charge in [0.25, 0.3) is 0 Å². The highest BCUT2D eigenvalue weighted by Gasteiger charge is 2.39. The largest absolute Gasteiger partial charge is 0.367 e. The van der Waals surface area contributed by atoms with Crippen LogP contribution in [-0.2, 0) is 16.0 Å². The Hall–Kier alpha value is -0.710. The molecule has 0 radical (unpaired) electrons. The Labute approximate surface area is 135 Å². The summed E-state index contributed by atoms with van der Waals surface area (Å²) in [6.07, 6.45) is 0.747. The van der Waals surface area contributed by atoms with Crippen LogP contribution in [0, 0.1) is 0 Å². The second-order valence-corrected chi connectivity index (χ2v) is 7.84. The fourth-order valence-electron chi connectivity index (χ4n) is 3.07. The summed E-state index contributed by atoms with van der Waals surface area (Å²) < 4.78 is 5.90. The number of rotatable bonds is 2. The molecule has 2 aliphatic heterocycles. The average molecular weight is 326 g/mol. The van der Waals surface area contributed by atoms with Crippen LogP contribution < -0.4 is 0 Å². The predicted molar refractivity (Wildman–Crippen MR) is 86.0 cm³/mol. The number of thioether (sulfide) groups is 1. The van der Waals surface area contributed by atoms with Gasteiger partial charge in [0.05, 0.1) is 22.8 Å². The van der Waals surface area contributed by atoms with Gasteiger partial charge in [0.15, 0.2) is 0 Å². The van der Waals surface area contributed by atoms with Crippen LogP contribution in [0.4, 0.5) is 0 Å². The minimum absolute atomic E-state index is 0.00715. The smallest absolute Gasteiger partial charge is 0.236 e. The number of hydrogen-bond donors (Lipinski definition) is 0. The Bertz CT molecular complexity index is 524. The number of alkyl halides is 1. The van der Waals surface area contributed by atoms with Crippen LogP contribution in [0.3, 0.4) is 0 Å². The number of halogens is 1. The molecular weight excluding hydrogens is 306 g/mol. The summed E-state index contributed by atoms with van der Waals surface area (Å²) in [5, 5.41) is -0.00715. The average Bonchev–Trinajstić information content (AvgIpc) is 2.88. The number of carbonyl (C=O) groups excluding carboxylic acids is 1. The summed E-state index contributed by atoms with van der Waals surface area (Å²) >= 11 is 7.62. The second kappa shape index (κ2) is 5.82. The van der Waals surface area contributed by atoms with E-state index in [9.17, 15) is 4.79 Å². The lowest BCUT2D eigenvalue weighted by Gasteiger charge is -2.43. The van der Waals surface area contributed by atoms with Crippen LogP contribution in [-0.4, -0.2) is 46.7 Å². The maximum absolute atomic E-state index is 12.8. The van der Waals surface area contributed by atoms with Gasteiger partial charge in [-0.05, 0) is 31.9 Å². The Balaban J connectivity index is 1.71. The lowest BCUT2D eigenvalue weighted by molar-refractivity contribution is -0.157. The van der Waals surface area contributed by atoms with Gasteiger partial charge in [-0.1, -0.05) is 18.2 Å². The molecule has 1 aromatic rings. The molecule has 1 saturated heterocycles. The molecule has 3 nitrogen and oxygen atoms in total. The van der Waals surface area contributed by atoms with E-state index in [1.165, 1.54) is 10.5 Å². The molecule has 5 heteroatoms. The van der Waals surface area contributed by atoms with Gasteiger partial charge >= 0.3 is 0 Å². The molecule has 2 aliphatic rings. The van der Waals surface area contributed by atoms with Crippen molar-refractivity contribution in [3.8, 4) is 0 Å². The van der Waals surface area contributed by atoms with Crippen LogP contribution in [0.5, 0.6) is 0 Å². The summed E-state index contributed by atoms with van der Waals surface area (Å²) in [5.41, 5.74) is 0.950. The first-order valence-corrected chi connectivity index (χ1v) is 8.67. The number of carbonyl (C=O) groups is 1. The second-order valence-electron chi connectivity index (χ2n) is 6.29. The molecule has 2 unspecified atom stereocenters. The molecule has 21 heavy (non-hydrogen) atoms. The maximum Gasteiger partial charge on any atom is 0.236 e. The first kappa shape index (κ1) is 15.2. The summed E-state index contributed by atoms with van der Waals surface area (Å²) in [6.45, 7) is 5.26. The zero-order valence-corrected chi connectivity index (χ0v) is 13.9. The maximum atomic E-state index is 12.8. The lowest BCUT2D eigenvalue weighted by Crippen LogP contribution is -2.56. The number of amides is 1. The normalized spacial score (nSPS) is 27.5. The van der Waals surface area contributed by atoms with Crippen LogP contribution in [0.25, 0.3) is 0 Å². The van der Waals surface area contributed by atoms with E-state index in [4.69, 9.17) is 16.3 Å². The van der Waals surface area contributed by atoms with Crippen molar-refractivity contribution in [1.82, 2.24) is 4.90 Å². The molecule has 0 aliphatic carbocycles. The van der Waals surface area contributed by atoms with Crippen LogP contribution >= 0.6 is 23.4 Å². The minimum Gasteiger partial charge on any atom is -0.367 e. The number of ether oxygens (including phenoxy) is 1. The Morgan fingerprint density at radius 2 is 2.24 bits per heavy atom. The van der Waals surface area contributed by atoms with E-state index in [2.05, 4.69) is 12.1 Å². The van der Waals surface area contributed by atoms with Gasteiger partial charge in [0.2, 0.25) is 5.91 Å². The highest BCUT2D eigenvalue weighted by Crippen LogP contribution is 2.38. The highest BCUT2D eigenvalue weighted by atomic mass is 35.5. The molecule has 3 rings (SSSR count). The van der Waals surface area contributed by atoms with Crippen molar-refractivity contribution in [2.45, 2.75) is 42.1 Å². The SMILES string of the molecule is CC1(C)CN(C(=O)C2Cc3ccccc3S2)CC(CCl)O1. The Morgan fingerprint density at radius 3 is 2.95 bits per heavy atom. The number of benzene rings is 1. The molecule has 2 heterocycles. The fraction of sp³-hybridized carbons (Fsp3) is 0.562. The number of morpholine rings is 1. The number of fused-ring (bicyclic) bond motifs is 1. The molecular formula is C16H20ClNO2S. The van der Waals surface area contributed by atoms with Gasteiger partial charge in [-0.25, -0.2) is 0 Å². The molecule has 1 aromatic carbocycles. The third-order valence-corrected chi connectivity index (χ3v) is 5.54. The highest BCUT2D eigenvalue weighted by molar-refractivity contribution is 8.01. The first-order chi connectivity index (χ1) is 9.98. The molecule has 0 N–H and O–H groups in total. The van der Waals surface area contributed by atoms with E-state index in [1.54, 1.807) is 11.8 Å². The van der Waals surface area contributed by atoms with Crippen molar-refractivity contribution in [3.63, 3.8) is 0 Å². The van der Waals surface area contributed by atoms with Gasteiger partial charge in [-0.15, -0.1) is 23.4 Å². The van der Waals surface area contributed by atoms with Crippen LogP contribution in [0.15, 0.2) is 29.2 Å². The number of nitrogens with zero attached hydrogens (tertiary/aromatic N) is 1. The summed E-state index contributed by atoms with van der Waals surface area (Å²) in [7, 11) is 0. The van der Waals surface area contributed by atoms with E-state index >= 15 is 0 Å². The third kappa shape index (κ3) is 3.22. The monoisotopic (exact) mass is 325 g/mol. The molecule has 1 fully saturated rings.